The lowest BCUT2D eigenvalue weighted by molar-refractivity contribution is 0.656. The molecule has 0 saturated carbocycles. The average Bonchev–Trinajstić information content (AvgIpc) is 3.16. The number of anilines is 1. The van der Waals surface area contributed by atoms with Crippen molar-refractivity contribution in [1.82, 2.24) is 15.6 Å². The largest absolute Gasteiger partial charge is 0.367 e. The number of aliphatic imine (C=N–C) groups is 1. The summed E-state index contributed by atoms with van der Waals surface area (Å²) >= 11 is 1.70. The maximum atomic E-state index is 4.49. The highest BCUT2D eigenvalue weighted by atomic mass is 32.1. The van der Waals surface area contributed by atoms with Crippen LogP contribution in [0, 0.1) is 6.92 Å². The van der Waals surface area contributed by atoms with Gasteiger partial charge in [-0.3, -0.25) is 4.99 Å². The number of benzene rings is 1. The molecule has 1 aliphatic heterocycles. The molecule has 5 nitrogen and oxygen atoms in total. The van der Waals surface area contributed by atoms with Crippen LogP contribution in [-0.4, -0.2) is 43.7 Å². The zero-order valence-electron chi connectivity index (χ0n) is 15.2. The number of guanidine groups is 1. The molecule has 3 rings (SSSR count). The first-order chi connectivity index (χ1) is 12.2. The van der Waals surface area contributed by atoms with Crippen molar-refractivity contribution in [3.05, 3.63) is 45.9 Å². The van der Waals surface area contributed by atoms with E-state index in [4.69, 9.17) is 0 Å². The monoisotopic (exact) mass is 357 g/mol. The lowest BCUT2D eigenvalue weighted by Crippen LogP contribution is -2.43. The minimum Gasteiger partial charge on any atom is -0.367 e. The van der Waals surface area contributed by atoms with E-state index in [0.717, 1.165) is 49.1 Å². The zero-order valence-corrected chi connectivity index (χ0v) is 16.1. The van der Waals surface area contributed by atoms with Gasteiger partial charge in [0, 0.05) is 50.2 Å². The molecule has 1 atom stereocenters. The Morgan fingerprint density at radius 3 is 2.88 bits per heavy atom. The molecular formula is C19H27N5S. The number of hydrogen-bond donors (Lipinski definition) is 2. The molecule has 0 saturated heterocycles. The molecule has 1 unspecified atom stereocenters. The SMILES string of the molecule is CN=C(NCCc1csc(C)n1)NCCN1c2ccccc2CC1C. The second kappa shape index (κ2) is 8.34. The topological polar surface area (TPSA) is 52.6 Å². The van der Waals surface area contributed by atoms with Gasteiger partial charge in [0.2, 0.25) is 0 Å². The minimum atomic E-state index is 0.557. The van der Waals surface area contributed by atoms with Crippen LogP contribution >= 0.6 is 11.3 Å². The first-order valence-electron chi connectivity index (χ1n) is 8.87. The number of nitrogens with zero attached hydrogens (tertiary/aromatic N) is 3. The fourth-order valence-electron chi connectivity index (χ4n) is 3.32. The van der Waals surface area contributed by atoms with Gasteiger partial charge in [-0.05, 0) is 31.9 Å². The van der Waals surface area contributed by atoms with Crippen molar-refractivity contribution in [2.45, 2.75) is 32.7 Å². The van der Waals surface area contributed by atoms with Gasteiger partial charge in [-0.25, -0.2) is 4.98 Å². The van der Waals surface area contributed by atoms with E-state index in [1.807, 2.05) is 14.0 Å². The van der Waals surface area contributed by atoms with Gasteiger partial charge in [-0.15, -0.1) is 11.3 Å². The third kappa shape index (κ3) is 4.51. The third-order valence-corrected chi connectivity index (χ3v) is 5.38. The molecule has 2 aromatic rings. The van der Waals surface area contributed by atoms with Crippen LogP contribution < -0.4 is 15.5 Å². The van der Waals surface area contributed by atoms with Crippen LogP contribution in [0.15, 0.2) is 34.6 Å². The number of aryl methyl sites for hydroxylation is 1. The van der Waals surface area contributed by atoms with Crippen LogP contribution in [0.1, 0.15) is 23.2 Å². The van der Waals surface area contributed by atoms with Gasteiger partial charge in [0.25, 0.3) is 0 Å². The van der Waals surface area contributed by atoms with Crippen LogP contribution in [-0.2, 0) is 12.8 Å². The van der Waals surface area contributed by atoms with Gasteiger partial charge in [-0.2, -0.15) is 0 Å². The Morgan fingerprint density at radius 2 is 2.12 bits per heavy atom. The highest BCUT2D eigenvalue weighted by molar-refractivity contribution is 7.09. The van der Waals surface area contributed by atoms with Gasteiger partial charge in [-0.1, -0.05) is 18.2 Å². The van der Waals surface area contributed by atoms with Crippen molar-refractivity contribution >= 4 is 23.0 Å². The molecule has 134 valence electrons. The molecule has 2 heterocycles. The van der Waals surface area contributed by atoms with E-state index in [2.05, 4.69) is 62.1 Å². The van der Waals surface area contributed by atoms with Gasteiger partial charge in [0.1, 0.15) is 0 Å². The van der Waals surface area contributed by atoms with Crippen LogP contribution in [0.4, 0.5) is 5.69 Å². The maximum absolute atomic E-state index is 4.49. The summed E-state index contributed by atoms with van der Waals surface area (Å²) in [6.45, 7) is 7.02. The smallest absolute Gasteiger partial charge is 0.191 e. The normalized spacial score (nSPS) is 16.8. The third-order valence-electron chi connectivity index (χ3n) is 4.56. The lowest BCUT2D eigenvalue weighted by Gasteiger charge is -2.25. The van der Waals surface area contributed by atoms with Crippen LogP contribution in [0.2, 0.25) is 0 Å². The Bertz CT molecular complexity index is 724. The van der Waals surface area contributed by atoms with E-state index in [1.54, 1.807) is 11.3 Å². The Kier molecular flexibility index (Phi) is 5.91. The van der Waals surface area contributed by atoms with Crippen molar-refractivity contribution in [2.24, 2.45) is 4.99 Å². The van der Waals surface area contributed by atoms with E-state index in [0.29, 0.717) is 6.04 Å². The summed E-state index contributed by atoms with van der Waals surface area (Å²) in [5, 5.41) is 10.0. The highest BCUT2D eigenvalue weighted by Gasteiger charge is 2.24. The molecule has 6 heteroatoms. The van der Waals surface area contributed by atoms with Crippen molar-refractivity contribution in [3.63, 3.8) is 0 Å². The first kappa shape index (κ1) is 17.7. The number of rotatable bonds is 6. The van der Waals surface area contributed by atoms with Gasteiger partial charge in [0.05, 0.1) is 10.7 Å². The number of aromatic nitrogens is 1. The molecular weight excluding hydrogens is 330 g/mol. The molecule has 1 aliphatic rings. The maximum Gasteiger partial charge on any atom is 0.191 e. The highest BCUT2D eigenvalue weighted by Crippen LogP contribution is 2.31. The molecule has 1 aromatic heterocycles. The van der Waals surface area contributed by atoms with E-state index >= 15 is 0 Å². The van der Waals surface area contributed by atoms with E-state index in [-0.39, 0.29) is 0 Å². The summed E-state index contributed by atoms with van der Waals surface area (Å²) in [4.78, 5) is 11.3. The lowest BCUT2D eigenvalue weighted by atomic mass is 10.1. The predicted molar refractivity (Wildman–Crippen MR) is 107 cm³/mol. The molecule has 1 aromatic carbocycles. The molecule has 0 radical (unpaired) electrons. The van der Waals surface area contributed by atoms with E-state index in [9.17, 15) is 0 Å². The standard InChI is InChI=1S/C19H27N5S/c1-14-12-16-6-4-5-7-18(16)24(14)11-10-22-19(20-3)21-9-8-17-13-25-15(2)23-17/h4-7,13-14H,8-12H2,1-3H3,(H2,20,21,22). The number of hydrogen-bond acceptors (Lipinski definition) is 4. The number of para-hydroxylation sites is 1. The van der Waals surface area contributed by atoms with Gasteiger partial charge in [0.15, 0.2) is 5.96 Å². The quantitative estimate of drug-likeness (QED) is 0.616. The second-order valence-electron chi connectivity index (χ2n) is 6.41. The molecule has 0 fully saturated rings. The molecule has 25 heavy (non-hydrogen) atoms. The molecule has 0 aliphatic carbocycles. The summed E-state index contributed by atoms with van der Waals surface area (Å²) in [6.07, 6.45) is 2.05. The van der Waals surface area contributed by atoms with Crippen LogP contribution in [0.25, 0.3) is 0 Å². The summed E-state index contributed by atoms with van der Waals surface area (Å²) in [7, 11) is 1.82. The molecule has 2 N–H and O–H groups in total. The zero-order chi connectivity index (χ0) is 17.6. The summed E-state index contributed by atoms with van der Waals surface area (Å²) < 4.78 is 0. The van der Waals surface area contributed by atoms with E-state index < -0.39 is 0 Å². The first-order valence-corrected chi connectivity index (χ1v) is 9.75. The predicted octanol–water partition coefficient (Wildman–Crippen LogP) is 2.61. The van der Waals surface area contributed by atoms with Gasteiger partial charge >= 0.3 is 0 Å². The van der Waals surface area contributed by atoms with Crippen molar-refractivity contribution in [2.75, 3.05) is 31.6 Å². The summed E-state index contributed by atoms with van der Waals surface area (Å²) in [5.74, 6) is 0.854. The molecule has 0 spiro atoms. The summed E-state index contributed by atoms with van der Waals surface area (Å²) in [5.41, 5.74) is 3.97. The Balaban J connectivity index is 1.43. The second-order valence-corrected chi connectivity index (χ2v) is 7.47. The van der Waals surface area contributed by atoms with Crippen molar-refractivity contribution < 1.29 is 0 Å². The fourth-order valence-corrected chi connectivity index (χ4v) is 3.96. The van der Waals surface area contributed by atoms with Gasteiger partial charge < -0.3 is 15.5 Å². The number of fused-ring (bicyclic) bond motifs is 1. The Labute approximate surface area is 154 Å². The Morgan fingerprint density at radius 1 is 1.32 bits per heavy atom. The molecule has 0 bridgehead atoms. The average molecular weight is 358 g/mol. The minimum absolute atomic E-state index is 0.557. The van der Waals surface area contributed by atoms with Crippen LogP contribution in [0.3, 0.4) is 0 Å². The number of thiazole rings is 1. The molecule has 0 amide bonds. The van der Waals surface area contributed by atoms with E-state index in [1.165, 1.54) is 11.3 Å². The fraction of sp³-hybridized carbons (Fsp3) is 0.474. The summed E-state index contributed by atoms with van der Waals surface area (Å²) in [6, 6.07) is 9.27. The van der Waals surface area contributed by atoms with Crippen molar-refractivity contribution in [3.8, 4) is 0 Å². The Hall–Kier alpha value is -2.08. The van der Waals surface area contributed by atoms with Crippen LogP contribution in [0.5, 0.6) is 0 Å². The van der Waals surface area contributed by atoms with Crippen molar-refractivity contribution in [1.29, 1.82) is 0 Å². The number of nitrogens with one attached hydrogen (secondary N) is 2.